The van der Waals surface area contributed by atoms with Gasteiger partial charge in [0.05, 0.1) is 12.2 Å². The minimum absolute atomic E-state index is 0.000414. The molecule has 1 spiro atoms. The highest BCUT2D eigenvalue weighted by molar-refractivity contribution is 8.00. The van der Waals surface area contributed by atoms with Crippen molar-refractivity contribution in [3.63, 3.8) is 0 Å². The average Bonchev–Trinajstić information content (AvgIpc) is 3.61. The molecule has 222 valence electrons. The van der Waals surface area contributed by atoms with Crippen LogP contribution in [0.15, 0.2) is 53.6 Å². The smallest absolute Gasteiger partial charge is 0.191 e. The van der Waals surface area contributed by atoms with E-state index in [9.17, 15) is 15.0 Å². The van der Waals surface area contributed by atoms with Crippen LogP contribution in [0, 0.1) is 11.3 Å². The van der Waals surface area contributed by atoms with Crippen molar-refractivity contribution in [2.75, 3.05) is 32.6 Å². The fourth-order valence-electron chi connectivity index (χ4n) is 9.42. The Morgan fingerprint density at radius 1 is 1.21 bits per heavy atom. The number of ether oxygens (including phenoxy) is 1. The van der Waals surface area contributed by atoms with E-state index >= 15 is 4.79 Å². The zero-order valence-electron chi connectivity index (χ0n) is 23.8. The number of hydrogen-bond donors (Lipinski definition) is 2. The first-order valence-electron chi connectivity index (χ1n) is 15.3. The normalized spacial score (nSPS) is 42.2. The molecule has 3 fully saturated rings. The second-order valence-corrected chi connectivity index (χ2v) is 14.9. The fourth-order valence-corrected chi connectivity index (χ4v) is 10.9. The maximum Gasteiger partial charge on any atom is 0.191 e. The van der Waals surface area contributed by atoms with Crippen LogP contribution in [0.4, 0.5) is 0 Å². The van der Waals surface area contributed by atoms with E-state index in [2.05, 4.69) is 22.9 Å². The van der Waals surface area contributed by atoms with Crippen LogP contribution in [-0.4, -0.2) is 92.9 Å². The highest BCUT2D eigenvalue weighted by atomic mass is 35.5. The summed E-state index contributed by atoms with van der Waals surface area (Å²) in [5.41, 5.74) is 0.773. The van der Waals surface area contributed by atoms with Gasteiger partial charge in [-0.15, -0.1) is 11.8 Å². The van der Waals surface area contributed by atoms with Gasteiger partial charge in [0, 0.05) is 46.2 Å². The van der Waals surface area contributed by atoms with Crippen LogP contribution in [0.3, 0.4) is 0 Å². The van der Waals surface area contributed by atoms with Crippen LogP contribution < -0.4 is 0 Å². The largest absolute Gasteiger partial charge is 0.386 e. The van der Waals surface area contributed by atoms with Crippen molar-refractivity contribution < 1.29 is 24.5 Å². The first-order valence-corrected chi connectivity index (χ1v) is 16.7. The molecule has 0 amide bonds. The molecule has 7 aliphatic rings. The molecule has 1 aromatic carbocycles. The molecule has 0 radical (unpaired) electrons. The zero-order chi connectivity index (χ0) is 29.0. The van der Waals surface area contributed by atoms with Crippen LogP contribution in [0.1, 0.15) is 60.4 Å². The molecule has 8 atom stereocenters. The van der Waals surface area contributed by atoms with E-state index in [1.165, 1.54) is 11.8 Å². The second kappa shape index (κ2) is 9.61. The molecule has 2 bridgehead atoms. The van der Waals surface area contributed by atoms with E-state index in [0.717, 1.165) is 56.5 Å². The standard InChI is InChI=1S/C33H37ClN2O5S/c1-35-15-12-31-24-7-9-27(38)30(31)41-33(29(39)22-6-8-26(37)21-5-4-20(34)17-23(21)22)28(31)19(16-25(24)35)10-11-32(33,40)42-18-36-13-2-3-14-36/h4-5,7,9-11,17,22,24-25,27,30,38,40H,2-3,6,8,12-16,18H2,1H3/t22?,24-,25+,27-,30-,31-,32?,33?/m0/s1. The quantitative estimate of drug-likeness (QED) is 0.382. The number of halogens is 1. The van der Waals surface area contributed by atoms with E-state index < -0.39 is 34.1 Å². The van der Waals surface area contributed by atoms with E-state index in [4.69, 9.17) is 16.3 Å². The Kier molecular flexibility index (Phi) is 6.35. The first-order chi connectivity index (χ1) is 20.2. The van der Waals surface area contributed by atoms with Gasteiger partial charge in [0.1, 0.15) is 0 Å². The van der Waals surface area contributed by atoms with Crippen molar-refractivity contribution in [2.24, 2.45) is 11.3 Å². The molecule has 3 aliphatic heterocycles. The van der Waals surface area contributed by atoms with Gasteiger partial charge >= 0.3 is 0 Å². The lowest BCUT2D eigenvalue weighted by Gasteiger charge is -2.58. The van der Waals surface area contributed by atoms with Crippen molar-refractivity contribution in [1.29, 1.82) is 0 Å². The molecule has 0 saturated carbocycles. The van der Waals surface area contributed by atoms with Crippen molar-refractivity contribution in [1.82, 2.24) is 9.80 Å². The monoisotopic (exact) mass is 608 g/mol. The van der Waals surface area contributed by atoms with Crippen molar-refractivity contribution in [2.45, 2.75) is 73.2 Å². The van der Waals surface area contributed by atoms with Crippen molar-refractivity contribution in [3.8, 4) is 0 Å². The number of ketones is 2. The highest BCUT2D eigenvalue weighted by Gasteiger charge is 2.77. The minimum Gasteiger partial charge on any atom is -0.386 e. The molecule has 3 unspecified atom stereocenters. The summed E-state index contributed by atoms with van der Waals surface area (Å²) in [7, 11) is 2.15. The number of piperidine rings is 1. The van der Waals surface area contributed by atoms with Crippen LogP contribution in [0.5, 0.6) is 0 Å². The Morgan fingerprint density at radius 3 is 2.83 bits per heavy atom. The Labute approximate surface area is 255 Å². The maximum atomic E-state index is 15.5. The van der Waals surface area contributed by atoms with Gasteiger partial charge in [-0.1, -0.05) is 29.8 Å². The summed E-state index contributed by atoms with van der Waals surface area (Å²) in [6, 6.07) is 5.38. The third kappa shape index (κ3) is 3.54. The lowest BCUT2D eigenvalue weighted by Crippen LogP contribution is -2.65. The lowest BCUT2D eigenvalue weighted by molar-refractivity contribution is -0.169. The molecule has 42 heavy (non-hydrogen) atoms. The number of fused-ring (bicyclic) bond motifs is 1. The number of hydrogen-bond acceptors (Lipinski definition) is 8. The molecular formula is C33H37ClN2O5S. The number of likely N-dealkylation sites (tertiary alicyclic amines) is 2. The number of Topliss-reactive ketones (excluding diaryl/α,β-unsaturated/α-hetero) is 2. The first kappa shape index (κ1) is 27.7. The molecule has 3 saturated heterocycles. The molecule has 1 aromatic rings. The maximum absolute atomic E-state index is 15.5. The number of carbonyl (C=O) groups is 2. The van der Waals surface area contributed by atoms with Gasteiger partial charge in [-0.25, -0.2) is 0 Å². The number of aliphatic hydroxyl groups is 2. The summed E-state index contributed by atoms with van der Waals surface area (Å²) < 4.78 is 7.09. The Bertz CT molecular complexity index is 1470. The topological polar surface area (TPSA) is 90.3 Å². The Hall–Kier alpha value is -1.78. The summed E-state index contributed by atoms with van der Waals surface area (Å²) in [6.07, 6.45) is 10.6. The summed E-state index contributed by atoms with van der Waals surface area (Å²) >= 11 is 7.80. The van der Waals surface area contributed by atoms with E-state index in [1.54, 1.807) is 24.3 Å². The summed E-state index contributed by atoms with van der Waals surface area (Å²) in [5, 5.41) is 24.8. The van der Waals surface area contributed by atoms with Crippen molar-refractivity contribution in [3.05, 3.63) is 69.8 Å². The van der Waals surface area contributed by atoms with E-state index in [1.807, 2.05) is 12.2 Å². The molecular weight excluding hydrogens is 572 g/mol. The number of carbonyl (C=O) groups excluding carboxylic acids is 2. The summed E-state index contributed by atoms with van der Waals surface area (Å²) in [5.74, 6) is -0.258. The van der Waals surface area contributed by atoms with Crippen LogP contribution in [0.2, 0.25) is 5.02 Å². The van der Waals surface area contributed by atoms with Crippen LogP contribution in [-0.2, 0) is 9.53 Å². The van der Waals surface area contributed by atoms with Gasteiger partial charge in [0.25, 0.3) is 0 Å². The van der Waals surface area contributed by atoms with Gasteiger partial charge in [0.2, 0.25) is 0 Å². The summed E-state index contributed by atoms with van der Waals surface area (Å²) in [6.45, 7) is 2.75. The predicted molar refractivity (Wildman–Crippen MR) is 161 cm³/mol. The van der Waals surface area contributed by atoms with Crippen LogP contribution in [0.25, 0.3) is 0 Å². The molecule has 4 aliphatic carbocycles. The third-order valence-corrected chi connectivity index (χ3v) is 12.9. The number of aliphatic hydroxyl groups excluding tert-OH is 1. The molecule has 0 aromatic heterocycles. The number of allylic oxidation sites excluding steroid dienone is 1. The Morgan fingerprint density at radius 2 is 2.02 bits per heavy atom. The molecule has 3 heterocycles. The van der Waals surface area contributed by atoms with Gasteiger partial charge in [-0.05, 0) is 99.8 Å². The average molecular weight is 609 g/mol. The lowest BCUT2D eigenvalue weighted by atomic mass is 9.49. The van der Waals surface area contributed by atoms with Gasteiger partial charge in [-0.2, -0.15) is 0 Å². The predicted octanol–water partition coefficient (Wildman–Crippen LogP) is 4.09. The fraction of sp³-hybridized carbons (Fsp3) is 0.576. The highest BCUT2D eigenvalue weighted by Crippen LogP contribution is 2.70. The van der Waals surface area contributed by atoms with E-state index in [0.29, 0.717) is 28.4 Å². The number of rotatable bonds is 5. The molecule has 8 rings (SSSR count). The number of nitrogens with zero attached hydrogens (tertiary/aromatic N) is 2. The molecule has 7 nitrogen and oxygen atoms in total. The molecule has 9 heteroatoms. The Balaban J connectivity index is 1.33. The SMILES string of the molecule is CN1CC[C@]23C4=C5C=CC(O)(SCN6CCCC6)C4(C(=O)C4CCC(=O)c6ccc(Cl)cc64)O[C@H]2[C@@H](O)C=C[C@H]3[C@H]1C5. The minimum atomic E-state index is -1.69. The van der Waals surface area contributed by atoms with Gasteiger partial charge in [0.15, 0.2) is 22.1 Å². The number of thioether (sulfide) groups is 1. The third-order valence-electron chi connectivity index (χ3n) is 11.4. The second-order valence-electron chi connectivity index (χ2n) is 13.3. The zero-order valence-corrected chi connectivity index (χ0v) is 25.4. The van der Waals surface area contributed by atoms with Gasteiger partial charge < -0.3 is 19.8 Å². The summed E-state index contributed by atoms with van der Waals surface area (Å²) in [4.78, 5) is 31.4. The molecule has 2 N–H and O–H groups in total. The van der Waals surface area contributed by atoms with E-state index in [-0.39, 0.29) is 29.9 Å². The van der Waals surface area contributed by atoms with Crippen molar-refractivity contribution >= 4 is 34.9 Å². The van der Waals surface area contributed by atoms with Crippen LogP contribution >= 0.6 is 23.4 Å². The van der Waals surface area contributed by atoms with Gasteiger partial charge in [-0.3, -0.25) is 14.5 Å². The number of benzene rings is 1.